The quantitative estimate of drug-likeness (QED) is 0.551. The molecule has 1 aromatic heterocycles. The summed E-state index contributed by atoms with van der Waals surface area (Å²) in [4.78, 5) is 17.1. The predicted molar refractivity (Wildman–Crippen MR) is 118 cm³/mol. The van der Waals surface area contributed by atoms with E-state index in [1.54, 1.807) is 0 Å². The van der Waals surface area contributed by atoms with Crippen LogP contribution < -0.4 is 14.8 Å². The van der Waals surface area contributed by atoms with E-state index in [0.29, 0.717) is 6.54 Å². The predicted octanol–water partition coefficient (Wildman–Crippen LogP) is 4.94. The number of halogens is 1. The Morgan fingerprint density at radius 3 is 2.86 bits per heavy atom. The Kier molecular flexibility index (Phi) is 5.61. The van der Waals surface area contributed by atoms with Crippen molar-refractivity contribution in [3.05, 3.63) is 63.6 Å². The van der Waals surface area contributed by atoms with Crippen molar-refractivity contribution in [3.8, 4) is 22.1 Å². The van der Waals surface area contributed by atoms with Gasteiger partial charge in [-0.2, -0.15) is 0 Å². The topological polar surface area (TPSA) is 60.5 Å². The van der Waals surface area contributed by atoms with Crippen molar-refractivity contribution in [2.24, 2.45) is 0 Å². The van der Waals surface area contributed by atoms with E-state index >= 15 is 0 Å². The monoisotopic (exact) mass is 472 g/mol. The van der Waals surface area contributed by atoms with Crippen LogP contribution in [0.2, 0.25) is 0 Å². The molecule has 0 aliphatic carbocycles. The van der Waals surface area contributed by atoms with Crippen LogP contribution in [0.5, 0.6) is 11.5 Å². The summed E-state index contributed by atoms with van der Waals surface area (Å²) in [5, 5.41) is 5.84. The van der Waals surface area contributed by atoms with Gasteiger partial charge in [0.1, 0.15) is 5.01 Å². The second-order valence-corrected chi connectivity index (χ2v) is 9.33. The van der Waals surface area contributed by atoms with Gasteiger partial charge in [-0.1, -0.05) is 41.9 Å². The lowest BCUT2D eigenvalue weighted by Crippen LogP contribution is -2.37. The number of hydrogen-bond donors (Lipinski definition) is 1. The molecule has 2 aromatic carbocycles. The van der Waals surface area contributed by atoms with E-state index in [1.807, 2.05) is 35.7 Å². The molecule has 0 unspecified atom stereocenters. The summed E-state index contributed by atoms with van der Waals surface area (Å²) < 4.78 is 11.8. The minimum atomic E-state index is -0.167. The first-order chi connectivity index (χ1) is 13.9. The first-order valence-electron chi connectivity index (χ1n) is 9.28. The molecule has 1 aliphatic rings. The van der Waals surface area contributed by atoms with Crippen LogP contribution in [0.25, 0.3) is 10.6 Å². The lowest BCUT2D eigenvalue weighted by Gasteiger charge is -2.26. The zero-order chi connectivity index (χ0) is 20.4. The first-order valence-corrected chi connectivity index (χ1v) is 11.0. The minimum absolute atomic E-state index is 0.0318. The van der Waals surface area contributed by atoms with Gasteiger partial charge in [-0.15, -0.1) is 11.3 Å². The maximum atomic E-state index is 12.5. The van der Waals surface area contributed by atoms with Crippen molar-refractivity contribution in [1.29, 1.82) is 0 Å². The number of amides is 1. The Morgan fingerprint density at radius 1 is 1.21 bits per heavy atom. The number of rotatable bonds is 6. The Hall–Kier alpha value is -2.38. The standard InChI is InChI=1S/C22H21BrN2O3S/c1-22(2,15-4-3-5-16(23)9-15)12-24-20(26)10-17-11-29-21(25-17)14-6-7-18-19(8-14)28-13-27-18/h3-9,11H,10,12-13H2,1-2H3,(H,24,26). The van der Waals surface area contributed by atoms with Crippen LogP contribution in [0, 0.1) is 0 Å². The largest absolute Gasteiger partial charge is 0.454 e. The molecule has 2 heterocycles. The molecule has 1 aliphatic heterocycles. The van der Waals surface area contributed by atoms with Gasteiger partial charge in [0.25, 0.3) is 0 Å². The zero-order valence-corrected chi connectivity index (χ0v) is 18.6. The molecule has 0 spiro atoms. The van der Waals surface area contributed by atoms with Crippen LogP contribution in [0.4, 0.5) is 0 Å². The second-order valence-electron chi connectivity index (χ2n) is 7.56. The van der Waals surface area contributed by atoms with Crippen LogP contribution in [0.3, 0.4) is 0 Å². The number of ether oxygens (including phenoxy) is 2. The summed E-state index contributed by atoms with van der Waals surface area (Å²) in [5.74, 6) is 1.44. The normalized spacial score (nSPS) is 12.8. The van der Waals surface area contributed by atoms with Crippen LogP contribution >= 0.6 is 27.3 Å². The molecule has 150 valence electrons. The fourth-order valence-corrected chi connectivity index (χ4v) is 4.32. The Labute approximate surface area is 182 Å². The van der Waals surface area contributed by atoms with E-state index < -0.39 is 0 Å². The summed E-state index contributed by atoms with van der Waals surface area (Å²) in [5.41, 5.74) is 2.73. The van der Waals surface area contributed by atoms with Gasteiger partial charge in [-0.3, -0.25) is 4.79 Å². The molecule has 3 aromatic rings. The lowest BCUT2D eigenvalue weighted by molar-refractivity contribution is -0.120. The van der Waals surface area contributed by atoms with E-state index in [1.165, 1.54) is 16.9 Å². The third-order valence-corrected chi connectivity index (χ3v) is 6.28. The molecule has 0 radical (unpaired) electrons. The molecular formula is C22H21BrN2O3S. The van der Waals surface area contributed by atoms with Crippen molar-refractivity contribution in [2.75, 3.05) is 13.3 Å². The summed E-state index contributed by atoms with van der Waals surface area (Å²) in [7, 11) is 0. The van der Waals surface area contributed by atoms with Crippen LogP contribution in [0.15, 0.2) is 52.3 Å². The number of benzene rings is 2. The van der Waals surface area contributed by atoms with Gasteiger partial charge in [-0.25, -0.2) is 4.98 Å². The molecule has 0 bridgehead atoms. The Bertz CT molecular complexity index is 1050. The van der Waals surface area contributed by atoms with Crippen LogP contribution in [-0.2, 0) is 16.6 Å². The maximum Gasteiger partial charge on any atom is 0.231 e. The second kappa shape index (κ2) is 8.16. The fourth-order valence-electron chi connectivity index (χ4n) is 3.11. The number of thiazole rings is 1. The molecule has 0 fully saturated rings. The molecule has 29 heavy (non-hydrogen) atoms. The molecule has 4 rings (SSSR count). The molecular weight excluding hydrogens is 452 g/mol. The molecule has 7 heteroatoms. The van der Waals surface area contributed by atoms with E-state index in [-0.39, 0.29) is 24.5 Å². The average molecular weight is 473 g/mol. The summed E-state index contributed by atoms with van der Waals surface area (Å²) in [6.07, 6.45) is 0.260. The van der Waals surface area contributed by atoms with Crippen LogP contribution in [-0.4, -0.2) is 24.2 Å². The third-order valence-electron chi connectivity index (χ3n) is 4.85. The highest BCUT2D eigenvalue weighted by Crippen LogP contribution is 2.36. The van der Waals surface area contributed by atoms with Gasteiger partial charge in [0.05, 0.1) is 12.1 Å². The number of aromatic nitrogens is 1. The molecule has 1 N–H and O–H groups in total. The minimum Gasteiger partial charge on any atom is -0.454 e. The number of nitrogens with one attached hydrogen (secondary N) is 1. The van der Waals surface area contributed by atoms with Gasteiger partial charge in [-0.05, 0) is 35.9 Å². The van der Waals surface area contributed by atoms with Crippen LogP contribution in [0.1, 0.15) is 25.1 Å². The Balaban J connectivity index is 1.37. The van der Waals surface area contributed by atoms with Crippen molar-refractivity contribution in [3.63, 3.8) is 0 Å². The average Bonchev–Trinajstić information content (AvgIpc) is 3.35. The van der Waals surface area contributed by atoms with Gasteiger partial charge in [0, 0.05) is 27.4 Å². The fraction of sp³-hybridized carbons (Fsp3) is 0.273. The first kappa shape index (κ1) is 19.9. The third kappa shape index (κ3) is 4.62. The number of fused-ring (bicyclic) bond motifs is 1. The number of carbonyl (C=O) groups is 1. The maximum absolute atomic E-state index is 12.5. The Morgan fingerprint density at radius 2 is 2.03 bits per heavy atom. The zero-order valence-electron chi connectivity index (χ0n) is 16.2. The van der Waals surface area contributed by atoms with Crippen molar-refractivity contribution in [2.45, 2.75) is 25.7 Å². The van der Waals surface area contributed by atoms with Gasteiger partial charge in [0.15, 0.2) is 11.5 Å². The molecule has 0 saturated carbocycles. The number of carbonyl (C=O) groups excluding carboxylic acids is 1. The molecule has 0 atom stereocenters. The molecule has 0 saturated heterocycles. The lowest BCUT2D eigenvalue weighted by atomic mass is 9.84. The summed E-state index contributed by atoms with van der Waals surface area (Å²) in [6.45, 7) is 5.05. The van der Waals surface area contributed by atoms with E-state index in [0.717, 1.165) is 32.2 Å². The number of nitrogens with zero attached hydrogens (tertiary/aromatic N) is 1. The van der Waals surface area contributed by atoms with Crippen molar-refractivity contribution < 1.29 is 14.3 Å². The SMILES string of the molecule is CC(C)(CNC(=O)Cc1csc(-c2ccc3c(c2)OCO3)n1)c1cccc(Br)c1. The van der Waals surface area contributed by atoms with E-state index in [4.69, 9.17) is 9.47 Å². The molecule has 1 amide bonds. The van der Waals surface area contributed by atoms with E-state index in [2.05, 4.69) is 52.2 Å². The smallest absolute Gasteiger partial charge is 0.231 e. The highest BCUT2D eigenvalue weighted by molar-refractivity contribution is 9.10. The van der Waals surface area contributed by atoms with Gasteiger partial charge >= 0.3 is 0 Å². The molecule has 5 nitrogen and oxygen atoms in total. The summed E-state index contributed by atoms with van der Waals surface area (Å²) >= 11 is 5.03. The summed E-state index contributed by atoms with van der Waals surface area (Å²) in [6, 6.07) is 13.9. The van der Waals surface area contributed by atoms with Gasteiger partial charge < -0.3 is 14.8 Å². The van der Waals surface area contributed by atoms with Crippen molar-refractivity contribution in [1.82, 2.24) is 10.3 Å². The van der Waals surface area contributed by atoms with E-state index in [9.17, 15) is 4.79 Å². The van der Waals surface area contributed by atoms with Gasteiger partial charge in [0.2, 0.25) is 12.7 Å². The number of hydrogen-bond acceptors (Lipinski definition) is 5. The highest BCUT2D eigenvalue weighted by atomic mass is 79.9. The highest BCUT2D eigenvalue weighted by Gasteiger charge is 2.22. The van der Waals surface area contributed by atoms with Crippen molar-refractivity contribution >= 4 is 33.2 Å².